The fourth-order valence-electron chi connectivity index (χ4n) is 2.07. The molecule has 0 aliphatic heterocycles. The number of rotatable bonds is 8. The molecular weight excluding hydrogens is 354 g/mol. The summed E-state index contributed by atoms with van der Waals surface area (Å²) in [4.78, 5) is 12.4. The average Bonchev–Trinajstić information content (AvgIpc) is 3.00. The zero-order valence-electron chi connectivity index (χ0n) is 15.3. The minimum atomic E-state index is -0.615. The minimum Gasteiger partial charge on any atom is -0.481 e. The van der Waals surface area contributed by atoms with E-state index in [1.54, 1.807) is 18.7 Å². The molecule has 136 valence electrons. The van der Waals surface area contributed by atoms with E-state index < -0.39 is 6.10 Å². The van der Waals surface area contributed by atoms with Crippen LogP contribution in [0, 0.1) is 5.92 Å². The molecule has 0 radical (unpaired) electrons. The average molecular weight is 380 g/mol. The molecule has 0 saturated heterocycles. The van der Waals surface area contributed by atoms with E-state index in [1.807, 2.05) is 24.3 Å². The van der Waals surface area contributed by atoms with Gasteiger partial charge < -0.3 is 4.74 Å². The molecule has 5 nitrogen and oxygen atoms in total. The van der Waals surface area contributed by atoms with Crippen molar-refractivity contribution in [2.75, 3.05) is 11.1 Å². The molecule has 25 heavy (non-hydrogen) atoms. The van der Waals surface area contributed by atoms with Crippen LogP contribution in [-0.2, 0) is 4.79 Å². The number of nitrogens with zero attached hydrogens (tertiary/aromatic N) is 2. The second-order valence-electron chi connectivity index (χ2n) is 6.52. The molecule has 7 heteroatoms. The molecule has 1 N–H and O–H groups in total. The normalized spacial score (nSPS) is 12.4. The standard InChI is InChI=1S/C18H25N3O2S2/c1-11(2)10-24-18-21-20-17(25-18)19-16(22)13(5)23-15-9-7-6-8-14(15)12(3)4/h6-9,11-13H,10H2,1-5H3,(H,19,20,22)/t13-/m1/s1. The quantitative estimate of drug-likeness (QED) is 0.526. The number of nitrogens with one attached hydrogen (secondary N) is 1. The van der Waals surface area contributed by atoms with Crippen LogP contribution in [0.2, 0.25) is 0 Å². The summed E-state index contributed by atoms with van der Waals surface area (Å²) in [6.07, 6.45) is -0.615. The third-order valence-electron chi connectivity index (χ3n) is 3.39. The largest absolute Gasteiger partial charge is 0.481 e. The van der Waals surface area contributed by atoms with E-state index in [-0.39, 0.29) is 5.91 Å². The van der Waals surface area contributed by atoms with Gasteiger partial charge in [0.2, 0.25) is 5.13 Å². The highest BCUT2D eigenvalue weighted by Gasteiger charge is 2.19. The Morgan fingerprint density at radius 1 is 1.20 bits per heavy atom. The highest BCUT2D eigenvalue weighted by Crippen LogP contribution is 2.28. The van der Waals surface area contributed by atoms with Crippen molar-refractivity contribution >= 4 is 34.1 Å². The summed E-state index contributed by atoms with van der Waals surface area (Å²) in [6.45, 7) is 10.3. The molecule has 0 aliphatic rings. The van der Waals surface area contributed by atoms with E-state index in [4.69, 9.17) is 4.74 Å². The number of carbonyl (C=O) groups is 1. The van der Waals surface area contributed by atoms with Gasteiger partial charge in [-0.05, 0) is 30.4 Å². The molecule has 2 aromatic rings. The van der Waals surface area contributed by atoms with Crippen molar-refractivity contribution in [2.45, 2.75) is 51.0 Å². The number of aromatic nitrogens is 2. The summed E-state index contributed by atoms with van der Waals surface area (Å²) in [6, 6.07) is 7.80. The first kappa shape index (κ1) is 19.7. The Hall–Kier alpha value is -1.60. The van der Waals surface area contributed by atoms with Crippen LogP contribution < -0.4 is 10.1 Å². The van der Waals surface area contributed by atoms with E-state index in [1.165, 1.54) is 11.3 Å². The van der Waals surface area contributed by atoms with E-state index in [0.717, 1.165) is 21.4 Å². The number of anilines is 1. The molecule has 1 aromatic carbocycles. The number of benzene rings is 1. The van der Waals surface area contributed by atoms with Gasteiger partial charge in [-0.1, -0.05) is 69.0 Å². The van der Waals surface area contributed by atoms with Gasteiger partial charge in [0.15, 0.2) is 10.4 Å². The minimum absolute atomic E-state index is 0.227. The summed E-state index contributed by atoms with van der Waals surface area (Å²) in [5.41, 5.74) is 1.09. The zero-order valence-corrected chi connectivity index (χ0v) is 16.9. The molecule has 2 rings (SSSR count). The van der Waals surface area contributed by atoms with Gasteiger partial charge in [-0.3, -0.25) is 10.1 Å². The van der Waals surface area contributed by atoms with Crippen LogP contribution in [0.1, 0.15) is 46.1 Å². The number of para-hydroxylation sites is 1. The van der Waals surface area contributed by atoms with Crippen molar-refractivity contribution < 1.29 is 9.53 Å². The molecule has 0 fully saturated rings. The first-order valence-corrected chi connectivity index (χ1v) is 10.2. The lowest BCUT2D eigenvalue weighted by atomic mass is 10.0. The Balaban J connectivity index is 1.95. The van der Waals surface area contributed by atoms with Gasteiger partial charge in [0.05, 0.1) is 0 Å². The van der Waals surface area contributed by atoms with Crippen molar-refractivity contribution in [1.29, 1.82) is 0 Å². The maximum absolute atomic E-state index is 12.4. The summed E-state index contributed by atoms with van der Waals surface area (Å²) in [5.74, 6) is 2.41. The number of thioether (sulfide) groups is 1. The van der Waals surface area contributed by atoms with Crippen LogP contribution in [0.25, 0.3) is 0 Å². The topological polar surface area (TPSA) is 64.1 Å². The monoisotopic (exact) mass is 379 g/mol. The van der Waals surface area contributed by atoms with Gasteiger partial charge in [-0.25, -0.2) is 0 Å². The van der Waals surface area contributed by atoms with Crippen LogP contribution in [0.15, 0.2) is 28.6 Å². The second kappa shape index (κ2) is 9.20. The fourth-order valence-corrected chi connectivity index (χ4v) is 3.80. The Kier molecular flexibility index (Phi) is 7.25. The van der Waals surface area contributed by atoms with Crippen LogP contribution in [0.5, 0.6) is 5.75 Å². The van der Waals surface area contributed by atoms with E-state index in [2.05, 4.69) is 43.2 Å². The second-order valence-corrected chi connectivity index (χ2v) is 8.76. The van der Waals surface area contributed by atoms with Gasteiger partial charge >= 0.3 is 0 Å². The van der Waals surface area contributed by atoms with Crippen LogP contribution in [0.4, 0.5) is 5.13 Å². The number of hydrogen-bond donors (Lipinski definition) is 1. The first-order valence-electron chi connectivity index (χ1n) is 8.39. The summed E-state index contributed by atoms with van der Waals surface area (Å²) in [7, 11) is 0. The van der Waals surface area contributed by atoms with Crippen molar-refractivity contribution in [3.63, 3.8) is 0 Å². The smallest absolute Gasteiger partial charge is 0.266 e. The molecule has 0 spiro atoms. The van der Waals surface area contributed by atoms with Gasteiger partial charge in [-0.2, -0.15) is 0 Å². The summed E-state index contributed by atoms with van der Waals surface area (Å²) >= 11 is 3.04. The molecule has 0 unspecified atom stereocenters. The molecule has 1 amide bonds. The van der Waals surface area contributed by atoms with Gasteiger partial charge in [0.1, 0.15) is 5.75 Å². The first-order chi connectivity index (χ1) is 11.9. The van der Waals surface area contributed by atoms with Crippen molar-refractivity contribution in [3.8, 4) is 5.75 Å². The fraction of sp³-hybridized carbons (Fsp3) is 0.500. The highest BCUT2D eigenvalue weighted by atomic mass is 32.2. The van der Waals surface area contributed by atoms with E-state index >= 15 is 0 Å². The third kappa shape index (κ3) is 6.01. The SMILES string of the molecule is CC(C)CSc1nnc(NC(=O)[C@@H](C)Oc2ccccc2C(C)C)s1. The predicted molar refractivity (Wildman–Crippen MR) is 105 cm³/mol. The molecule has 0 saturated carbocycles. The molecule has 0 bridgehead atoms. The lowest BCUT2D eigenvalue weighted by Gasteiger charge is -2.18. The Labute approximate surface area is 157 Å². The maximum atomic E-state index is 12.4. The molecule has 1 atom stereocenters. The van der Waals surface area contributed by atoms with Crippen LogP contribution in [0.3, 0.4) is 0 Å². The summed E-state index contributed by atoms with van der Waals surface area (Å²) < 4.78 is 6.73. The lowest BCUT2D eigenvalue weighted by Crippen LogP contribution is -2.30. The molecule has 0 aliphatic carbocycles. The number of carbonyl (C=O) groups excluding carboxylic acids is 1. The molecule has 1 aromatic heterocycles. The van der Waals surface area contributed by atoms with Crippen LogP contribution >= 0.6 is 23.1 Å². The van der Waals surface area contributed by atoms with Crippen molar-refractivity contribution in [3.05, 3.63) is 29.8 Å². The molecule has 1 heterocycles. The summed E-state index contributed by atoms with van der Waals surface area (Å²) in [5, 5.41) is 11.4. The van der Waals surface area contributed by atoms with Gasteiger partial charge in [-0.15, -0.1) is 10.2 Å². The highest BCUT2D eigenvalue weighted by molar-refractivity contribution is 8.01. The number of hydrogen-bond acceptors (Lipinski definition) is 6. The van der Waals surface area contributed by atoms with Gasteiger partial charge in [0, 0.05) is 5.75 Å². The van der Waals surface area contributed by atoms with Crippen molar-refractivity contribution in [2.24, 2.45) is 5.92 Å². The maximum Gasteiger partial charge on any atom is 0.266 e. The van der Waals surface area contributed by atoms with Crippen molar-refractivity contribution in [1.82, 2.24) is 10.2 Å². The zero-order chi connectivity index (χ0) is 18.4. The number of ether oxygens (including phenoxy) is 1. The number of amides is 1. The van der Waals surface area contributed by atoms with Crippen LogP contribution in [-0.4, -0.2) is 28.0 Å². The van der Waals surface area contributed by atoms with E-state index in [9.17, 15) is 4.79 Å². The third-order valence-corrected chi connectivity index (χ3v) is 5.79. The molecular formula is C18H25N3O2S2. The Morgan fingerprint density at radius 3 is 2.60 bits per heavy atom. The van der Waals surface area contributed by atoms with Gasteiger partial charge in [0.25, 0.3) is 5.91 Å². The predicted octanol–water partition coefficient (Wildman–Crippen LogP) is 4.82. The Bertz CT molecular complexity index is 701. The van der Waals surface area contributed by atoms with E-state index in [0.29, 0.717) is 17.0 Å². The lowest BCUT2D eigenvalue weighted by molar-refractivity contribution is -0.122. The Morgan fingerprint density at radius 2 is 1.92 bits per heavy atom.